The van der Waals surface area contributed by atoms with Gasteiger partial charge in [0.05, 0.1) is 20.3 Å². The SMILES string of the molecule is COCCN(CCOC)Cc1cccc(OC)c1. The second-order valence-electron chi connectivity index (χ2n) is 4.11. The third kappa shape index (κ3) is 5.49. The predicted molar refractivity (Wildman–Crippen MR) is 72.0 cm³/mol. The van der Waals surface area contributed by atoms with Crippen molar-refractivity contribution in [1.29, 1.82) is 0 Å². The molecule has 0 atom stereocenters. The van der Waals surface area contributed by atoms with Crippen LogP contribution < -0.4 is 4.74 Å². The zero-order chi connectivity index (χ0) is 13.2. The second-order valence-corrected chi connectivity index (χ2v) is 4.11. The van der Waals surface area contributed by atoms with E-state index in [0.29, 0.717) is 0 Å². The van der Waals surface area contributed by atoms with Crippen molar-refractivity contribution in [3.63, 3.8) is 0 Å². The molecule has 1 rings (SSSR count). The van der Waals surface area contributed by atoms with Gasteiger partial charge in [-0.1, -0.05) is 12.1 Å². The average Bonchev–Trinajstić information content (AvgIpc) is 2.42. The number of hydrogen-bond acceptors (Lipinski definition) is 4. The van der Waals surface area contributed by atoms with Crippen LogP contribution in [0.15, 0.2) is 24.3 Å². The molecule has 18 heavy (non-hydrogen) atoms. The van der Waals surface area contributed by atoms with E-state index >= 15 is 0 Å². The largest absolute Gasteiger partial charge is 0.497 e. The maximum atomic E-state index is 5.23. The lowest BCUT2D eigenvalue weighted by Gasteiger charge is -2.21. The van der Waals surface area contributed by atoms with Crippen molar-refractivity contribution in [2.45, 2.75) is 6.54 Å². The number of nitrogens with zero attached hydrogens (tertiary/aromatic N) is 1. The molecule has 1 aromatic rings. The van der Waals surface area contributed by atoms with Crippen LogP contribution in [0, 0.1) is 0 Å². The number of methoxy groups -OCH3 is 3. The van der Waals surface area contributed by atoms with Crippen LogP contribution in [-0.2, 0) is 16.0 Å². The van der Waals surface area contributed by atoms with Gasteiger partial charge < -0.3 is 14.2 Å². The molecule has 0 aromatic heterocycles. The maximum Gasteiger partial charge on any atom is 0.119 e. The van der Waals surface area contributed by atoms with Crippen LogP contribution in [0.4, 0.5) is 0 Å². The average molecular weight is 253 g/mol. The molecule has 0 spiro atoms. The van der Waals surface area contributed by atoms with Crippen molar-refractivity contribution in [2.24, 2.45) is 0 Å². The molecule has 4 heteroatoms. The third-order valence-corrected chi connectivity index (χ3v) is 2.76. The first-order chi connectivity index (χ1) is 8.80. The number of hydrogen-bond donors (Lipinski definition) is 0. The summed E-state index contributed by atoms with van der Waals surface area (Å²) in [5, 5.41) is 0. The molecule has 0 aliphatic heterocycles. The van der Waals surface area contributed by atoms with Crippen molar-refractivity contribution in [2.75, 3.05) is 47.6 Å². The van der Waals surface area contributed by atoms with Crippen LogP contribution in [0.2, 0.25) is 0 Å². The van der Waals surface area contributed by atoms with E-state index in [1.165, 1.54) is 5.56 Å². The standard InChI is InChI=1S/C14H23NO3/c1-16-9-7-15(8-10-17-2)12-13-5-4-6-14(11-13)18-3/h4-6,11H,7-10,12H2,1-3H3. The fourth-order valence-corrected chi connectivity index (χ4v) is 1.74. The molecule has 0 aliphatic carbocycles. The third-order valence-electron chi connectivity index (χ3n) is 2.76. The Kier molecular flexibility index (Phi) is 7.41. The Labute approximate surface area is 109 Å². The summed E-state index contributed by atoms with van der Waals surface area (Å²) >= 11 is 0. The van der Waals surface area contributed by atoms with Gasteiger partial charge in [0, 0.05) is 33.9 Å². The van der Waals surface area contributed by atoms with Gasteiger partial charge in [0.2, 0.25) is 0 Å². The summed E-state index contributed by atoms with van der Waals surface area (Å²) < 4.78 is 15.5. The highest BCUT2D eigenvalue weighted by Gasteiger charge is 2.06. The Bertz CT molecular complexity index is 323. The minimum atomic E-state index is 0.730. The molecular weight excluding hydrogens is 230 g/mol. The van der Waals surface area contributed by atoms with Gasteiger partial charge in [-0.05, 0) is 17.7 Å². The lowest BCUT2D eigenvalue weighted by molar-refractivity contribution is 0.110. The molecule has 0 N–H and O–H groups in total. The zero-order valence-electron chi connectivity index (χ0n) is 11.5. The predicted octanol–water partition coefficient (Wildman–Crippen LogP) is 1.79. The van der Waals surface area contributed by atoms with Crippen molar-refractivity contribution in [3.8, 4) is 5.75 Å². The van der Waals surface area contributed by atoms with Gasteiger partial charge >= 0.3 is 0 Å². The van der Waals surface area contributed by atoms with E-state index in [1.54, 1.807) is 21.3 Å². The van der Waals surface area contributed by atoms with Crippen molar-refractivity contribution >= 4 is 0 Å². The van der Waals surface area contributed by atoms with E-state index < -0.39 is 0 Å². The molecule has 0 saturated heterocycles. The molecule has 0 bridgehead atoms. The van der Waals surface area contributed by atoms with Crippen molar-refractivity contribution in [3.05, 3.63) is 29.8 Å². The highest BCUT2D eigenvalue weighted by atomic mass is 16.5. The molecule has 1 aromatic carbocycles. The molecule has 0 fully saturated rings. The Morgan fingerprint density at radius 1 is 1.00 bits per heavy atom. The summed E-state index contributed by atoms with van der Waals surface area (Å²) in [6, 6.07) is 8.14. The van der Waals surface area contributed by atoms with Crippen molar-refractivity contribution < 1.29 is 14.2 Å². The van der Waals surface area contributed by atoms with E-state index in [2.05, 4.69) is 17.0 Å². The Morgan fingerprint density at radius 2 is 1.67 bits per heavy atom. The quantitative estimate of drug-likeness (QED) is 0.671. The Morgan fingerprint density at radius 3 is 2.22 bits per heavy atom. The Balaban J connectivity index is 2.56. The summed E-state index contributed by atoms with van der Waals surface area (Å²) in [5.41, 5.74) is 1.24. The first kappa shape index (κ1) is 15.0. The van der Waals surface area contributed by atoms with E-state index in [0.717, 1.165) is 38.6 Å². The summed E-state index contributed by atoms with van der Waals surface area (Å²) in [7, 11) is 5.13. The van der Waals surface area contributed by atoms with Crippen LogP contribution >= 0.6 is 0 Å². The van der Waals surface area contributed by atoms with E-state index in [4.69, 9.17) is 14.2 Å². The minimum absolute atomic E-state index is 0.730. The summed E-state index contributed by atoms with van der Waals surface area (Å²) in [6.07, 6.45) is 0. The molecule has 0 aliphatic rings. The van der Waals surface area contributed by atoms with Gasteiger partial charge in [-0.3, -0.25) is 4.90 Å². The lowest BCUT2D eigenvalue weighted by Crippen LogP contribution is -2.30. The molecule has 0 radical (unpaired) electrons. The smallest absolute Gasteiger partial charge is 0.119 e. The van der Waals surface area contributed by atoms with Crippen LogP contribution in [0.3, 0.4) is 0 Å². The summed E-state index contributed by atoms with van der Waals surface area (Å²) in [6.45, 7) is 4.14. The molecule has 0 unspecified atom stereocenters. The van der Waals surface area contributed by atoms with E-state index in [1.807, 2.05) is 12.1 Å². The molecule has 0 amide bonds. The van der Waals surface area contributed by atoms with Gasteiger partial charge in [-0.2, -0.15) is 0 Å². The first-order valence-corrected chi connectivity index (χ1v) is 6.13. The summed E-state index contributed by atoms with van der Waals surface area (Å²) in [5.74, 6) is 0.894. The highest BCUT2D eigenvalue weighted by molar-refractivity contribution is 5.28. The van der Waals surface area contributed by atoms with Crippen LogP contribution in [-0.4, -0.2) is 52.5 Å². The number of ether oxygens (including phenoxy) is 3. The van der Waals surface area contributed by atoms with E-state index in [-0.39, 0.29) is 0 Å². The van der Waals surface area contributed by atoms with E-state index in [9.17, 15) is 0 Å². The van der Waals surface area contributed by atoms with Gasteiger partial charge in [0.15, 0.2) is 0 Å². The first-order valence-electron chi connectivity index (χ1n) is 6.13. The number of benzene rings is 1. The highest BCUT2D eigenvalue weighted by Crippen LogP contribution is 2.14. The summed E-state index contributed by atoms with van der Waals surface area (Å²) in [4.78, 5) is 2.31. The maximum absolute atomic E-state index is 5.23. The molecular formula is C14H23NO3. The fourth-order valence-electron chi connectivity index (χ4n) is 1.74. The van der Waals surface area contributed by atoms with Gasteiger partial charge in [0.25, 0.3) is 0 Å². The van der Waals surface area contributed by atoms with Crippen molar-refractivity contribution in [1.82, 2.24) is 4.90 Å². The van der Waals surface area contributed by atoms with Crippen LogP contribution in [0.5, 0.6) is 5.75 Å². The van der Waals surface area contributed by atoms with Gasteiger partial charge in [-0.15, -0.1) is 0 Å². The topological polar surface area (TPSA) is 30.9 Å². The van der Waals surface area contributed by atoms with Gasteiger partial charge in [0.1, 0.15) is 5.75 Å². The second kappa shape index (κ2) is 8.91. The minimum Gasteiger partial charge on any atom is -0.497 e. The molecule has 0 saturated carbocycles. The van der Waals surface area contributed by atoms with Crippen LogP contribution in [0.25, 0.3) is 0 Å². The van der Waals surface area contributed by atoms with Crippen LogP contribution in [0.1, 0.15) is 5.56 Å². The monoisotopic (exact) mass is 253 g/mol. The Hall–Kier alpha value is -1.10. The normalized spacial score (nSPS) is 10.9. The fraction of sp³-hybridized carbons (Fsp3) is 0.571. The number of rotatable bonds is 9. The van der Waals surface area contributed by atoms with Gasteiger partial charge in [-0.25, -0.2) is 0 Å². The lowest BCUT2D eigenvalue weighted by atomic mass is 10.2. The molecule has 4 nitrogen and oxygen atoms in total. The molecule has 102 valence electrons. The molecule has 0 heterocycles. The zero-order valence-corrected chi connectivity index (χ0v) is 11.5.